The molecule has 7 heteroatoms. The molecule has 3 rings (SSSR count). The number of rotatable bonds is 8. The number of nitrogens with zero attached hydrogens (tertiary/aromatic N) is 4. The smallest absolute Gasteiger partial charge is 0.239 e. The summed E-state index contributed by atoms with van der Waals surface area (Å²) in [6, 6.07) is 3.94. The average Bonchev–Trinajstić information content (AvgIpc) is 3.15. The van der Waals surface area contributed by atoms with Crippen LogP contribution in [0.3, 0.4) is 0 Å². The Bertz CT molecular complexity index is 660. The van der Waals surface area contributed by atoms with Crippen LogP contribution in [0.25, 0.3) is 0 Å². The van der Waals surface area contributed by atoms with Gasteiger partial charge in [-0.3, -0.25) is 19.5 Å². The van der Waals surface area contributed by atoms with Crippen LogP contribution >= 0.6 is 0 Å². The first-order valence-corrected chi connectivity index (χ1v) is 10.4. The van der Waals surface area contributed by atoms with E-state index < -0.39 is 0 Å². The fourth-order valence-corrected chi connectivity index (χ4v) is 4.12. The first-order valence-electron chi connectivity index (χ1n) is 10.4. The Morgan fingerprint density at radius 2 is 1.96 bits per heavy atom. The van der Waals surface area contributed by atoms with Crippen molar-refractivity contribution in [2.75, 3.05) is 51.7 Å². The molecule has 1 aromatic rings. The van der Waals surface area contributed by atoms with Gasteiger partial charge in [-0.2, -0.15) is 0 Å². The normalized spacial score (nSPS) is 20.9. The molecule has 0 aromatic carbocycles. The van der Waals surface area contributed by atoms with Gasteiger partial charge in [-0.25, -0.2) is 0 Å². The lowest BCUT2D eigenvalue weighted by atomic mass is 9.97. The lowest BCUT2D eigenvalue weighted by Crippen LogP contribution is -2.58. The summed E-state index contributed by atoms with van der Waals surface area (Å²) in [5, 5.41) is 3.11. The third-order valence-electron chi connectivity index (χ3n) is 5.89. The van der Waals surface area contributed by atoms with Gasteiger partial charge in [0.05, 0.1) is 12.0 Å². The van der Waals surface area contributed by atoms with Gasteiger partial charge in [0.25, 0.3) is 0 Å². The minimum atomic E-state index is -0.0294. The Hall–Kier alpha value is -2.15. The molecular formula is C21H33N5O2. The van der Waals surface area contributed by atoms with E-state index in [-0.39, 0.29) is 23.8 Å². The van der Waals surface area contributed by atoms with Crippen LogP contribution in [0.1, 0.15) is 26.2 Å². The molecule has 2 unspecified atom stereocenters. The van der Waals surface area contributed by atoms with E-state index in [9.17, 15) is 9.59 Å². The van der Waals surface area contributed by atoms with E-state index >= 15 is 0 Å². The van der Waals surface area contributed by atoms with Gasteiger partial charge in [0.2, 0.25) is 11.8 Å². The van der Waals surface area contributed by atoms with Gasteiger partial charge >= 0.3 is 0 Å². The predicted molar refractivity (Wildman–Crippen MR) is 110 cm³/mol. The lowest BCUT2D eigenvalue weighted by Gasteiger charge is -2.42. The summed E-state index contributed by atoms with van der Waals surface area (Å²) in [7, 11) is 3.93. The van der Waals surface area contributed by atoms with Crippen molar-refractivity contribution in [3.63, 3.8) is 0 Å². The third-order valence-corrected chi connectivity index (χ3v) is 5.89. The van der Waals surface area contributed by atoms with Crippen molar-refractivity contribution in [1.82, 2.24) is 20.1 Å². The molecule has 0 aliphatic carbocycles. The first kappa shape index (κ1) is 20.6. The van der Waals surface area contributed by atoms with Crippen LogP contribution in [-0.2, 0) is 9.59 Å². The number of carbonyl (C=O) groups is 2. The molecular weight excluding hydrogens is 354 g/mol. The molecule has 2 saturated heterocycles. The van der Waals surface area contributed by atoms with Crippen molar-refractivity contribution in [2.24, 2.45) is 11.8 Å². The maximum Gasteiger partial charge on any atom is 0.239 e. The Morgan fingerprint density at radius 3 is 2.61 bits per heavy atom. The molecule has 7 nitrogen and oxygen atoms in total. The lowest BCUT2D eigenvalue weighted by molar-refractivity contribution is -0.142. The molecule has 28 heavy (non-hydrogen) atoms. The number of nitrogens with one attached hydrogen (secondary N) is 1. The predicted octanol–water partition coefficient (Wildman–Crippen LogP) is 1.21. The second-order valence-electron chi connectivity index (χ2n) is 8.26. The van der Waals surface area contributed by atoms with Crippen molar-refractivity contribution in [1.29, 1.82) is 0 Å². The number of likely N-dealkylation sites (tertiary alicyclic amines) is 1. The summed E-state index contributed by atoms with van der Waals surface area (Å²) in [6.07, 6.45) is 6.34. The standard InChI is InChI=1S/C21H33N5O2/c1-4-5-19(24(2)3)21(28)26-13-16(14-26)12-23-20(27)17-8-11-25(15-17)18-6-9-22-10-7-18/h6-7,9-10,16-17,19H,4-5,8,11-15H2,1-3H3,(H,23,27). The quantitative estimate of drug-likeness (QED) is 0.726. The summed E-state index contributed by atoms with van der Waals surface area (Å²) in [5.74, 6) is 0.764. The van der Waals surface area contributed by atoms with Crippen molar-refractivity contribution in [3.8, 4) is 0 Å². The molecule has 2 fully saturated rings. The van der Waals surface area contributed by atoms with Crippen LogP contribution in [0.4, 0.5) is 5.69 Å². The Labute approximate surface area is 168 Å². The first-order chi connectivity index (χ1) is 13.5. The van der Waals surface area contributed by atoms with Gasteiger partial charge in [-0.1, -0.05) is 13.3 Å². The molecule has 2 aliphatic rings. The largest absolute Gasteiger partial charge is 0.371 e. The number of anilines is 1. The molecule has 3 heterocycles. The van der Waals surface area contributed by atoms with Crippen LogP contribution in [0.2, 0.25) is 0 Å². The molecule has 0 radical (unpaired) electrons. The fourth-order valence-electron chi connectivity index (χ4n) is 4.12. The second kappa shape index (κ2) is 9.37. The minimum Gasteiger partial charge on any atom is -0.371 e. The zero-order valence-electron chi connectivity index (χ0n) is 17.3. The number of amides is 2. The van der Waals surface area contributed by atoms with Crippen LogP contribution in [-0.4, -0.2) is 79.5 Å². The topological polar surface area (TPSA) is 68.8 Å². The average molecular weight is 388 g/mol. The van der Waals surface area contributed by atoms with Crippen LogP contribution in [0.5, 0.6) is 0 Å². The van der Waals surface area contributed by atoms with Gasteiger partial charge in [0.15, 0.2) is 0 Å². The summed E-state index contributed by atoms with van der Waals surface area (Å²) in [5.41, 5.74) is 1.13. The summed E-state index contributed by atoms with van der Waals surface area (Å²) >= 11 is 0. The Balaban J connectivity index is 1.38. The van der Waals surface area contributed by atoms with Crippen molar-refractivity contribution < 1.29 is 9.59 Å². The van der Waals surface area contributed by atoms with E-state index in [1.807, 2.05) is 36.0 Å². The van der Waals surface area contributed by atoms with Gasteiger partial charge < -0.3 is 15.1 Å². The zero-order chi connectivity index (χ0) is 20.1. The van der Waals surface area contributed by atoms with Crippen LogP contribution in [0, 0.1) is 11.8 Å². The number of aromatic nitrogens is 1. The van der Waals surface area contributed by atoms with E-state index in [2.05, 4.69) is 22.1 Å². The third kappa shape index (κ3) is 4.82. The fraction of sp³-hybridized carbons (Fsp3) is 0.667. The molecule has 154 valence electrons. The minimum absolute atomic E-state index is 0.0294. The van der Waals surface area contributed by atoms with E-state index in [1.54, 1.807) is 12.4 Å². The van der Waals surface area contributed by atoms with E-state index in [0.717, 1.165) is 51.1 Å². The molecule has 2 amide bonds. The van der Waals surface area contributed by atoms with Crippen molar-refractivity contribution >= 4 is 17.5 Å². The molecule has 1 N–H and O–H groups in total. The number of hydrogen-bond donors (Lipinski definition) is 1. The van der Waals surface area contributed by atoms with Gasteiger partial charge in [-0.15, -0.1) is 0 Å². The maximum atomic E-state index is 12.6. The molecule has 2 atom stereocenters. The van der Waals surface area contributed by atoms with Crippen LogP contribution in [0.15, 0.2) is 24.5 Å². The summed E-state index contributed by atoms with van der Waals surface area (Å²) < 4.78 is 0. The van der Waals surface area contributed by atoms with Gasteiger partial charge in [0.1, 0.15) is 0 Å². The van der Waals surface area contributed by atoms with Gasteiger partial charge in [0, 0.05) is 56.7 Å². The van der Waals surface area contributed by atoms with Crippen molar-refractivity contribution in [2.45, 2.75) is 32.2 Å². The van der Waals surface area contributed by atoms with E-state index in [1.165, 1.54) is 0 Å². The summed E-state index contributed by atoms with van der Waals surface area (Å²) in [4.78, 5) is 35.4. The molecule has 0 saturated carbocycles. The van der Waals surface area contributed by atoms with E-state index in [0.29, 0.717) is 12.5 Å². The Kier molecular flexibility index (Phi) is 6.88. The monoisotopic (exact) mass is 387 g/mol. The van der Waals surface area contributed by atoms with E-state index in [4.69, 9.17) is 0 Å². The highest BCUT2D eigenvalue weighted by atomic mass is 16.2. The highest BCUT2D eigenvalue weighted by Gasteiger charge is 2.35. The summed E-state index contributed by atoms with van der Waals surface area (Å²) in [6.45, 7) is 5.93. The highest BCUT2D eigenvalue weighted by molar-refractivity contribution is 5.83. The van der Waals surface area contributed by atoms with Crippen LogP contribution < -0.4 is 10.2 Å². The molecule has 0 spiro atoms. The molecule has 0 bridgehead atoms. The number of pyridine rings is 1. The number of hydrogen-bond acceptors (Lipinski definition) is 5. The zero-order valence-corrected chi connectivity index (χ0v) is 17.3. The Morgan fingerprint density at radius 1 is 1.25 bits per heavy atom. The second-order valence-corrected chi connectivity index (χ2v) is 8.26. The van der Waals surface area contributed by atoms with Gasteiger partial charge in [-0.05, 0) is 39.1 Å². The molecule has 2 aliphatic heterocycles. The number of likely N-dealkylation sites (N-methyl/N-ethyl adjacent to an activating group) is 1. The highest BCUT2D eigenvalue weighted by Crippen LogP contribution is 2.24. The number of carbonyl (C=O) groups excluding carboxylic acids is 2. The molecule has 1 aromatic heterocycles. The van der Waals surface area contributed by atoms with Crippen molar-refractivity contribution in [3.05, 3.63) is 24.5 Å². The maximum absolute atomic E-state index is 12.6. The SMILES string of the molecule is CCCC(C(=O)N1CC(CNC(=O)C2CCN(c3ccncc3)C2)C1)N(C)C.